The van der Waals surface area contributed by atoms with Crippen molar-refractivity contribution < 1.29 is 9.53 Å². The smallest absolute Gasteiger partial charge is 0.263 e. The maximum Gasteiger partial charge on any atom is 0.263 e. The van der Waals surface area contributed by atoms with Gasteiger partial charge in [0.1, 0.15) is 5.75 Å². The number of nitrogens with two attached hydrogens (primary N) is 1. The lowest BCUT2D eigenvalue weighted by Crippen LogP contribution is -2.42. The number of benzene rings is 1. The fourth-order valence-corrected chi connectivity index (χ4v) is 3.21. The lowest BCUT2D eigenvalue weighted by Gasteiger charge is -2.25. The van der Waals surface area contributed by atoms with E-state index in [0.717, 1.165) is 6.42 Å². The van der Waals surface area contributed by atoms with Gasteiger partial charge in [-0.3, -0.25) is 4.79 Å². The summed E-state index contributed by atoms with van der Waals surface area (Å²) in [4.78, 5) is 14.3. The van der Waals surface area contributed by atoms with Crippen LogP contribution in [-0.2, 0) is 4.79 Å². The van der Waals surface area contributed by atoms with E-state index in [4.69, 9.17) is 33.7 Å². The largest absolute Gasteiger partial charge is 0.481 e. The maximum absolute atomic E-state index is 12.5. The van der Waals surface area contributed by atoms with E-state index in [1.54, 1.807) is 25.1 Å². The summed E-state index contributed by atoms with van der Waals surface area (Å²) in [7, 11) is 0. The van der Waals surface area contributed by atoms with Gasteiger partial charge in [0, 0.05) is 22.6 Å². The van der Waals surface area contributed by atoms with E-state index in [1.807, 2.05) is 11.8 Å². The van der Waals surface area contributed by atoms with Crippen LogP contribution in [0.1, 0.15) is 20.3 Å². The molecule has 1 saturated heterocycles. The average Bonchev–Trinajstić information content (AvgIpc) is 2.77. The van der Waals surface area contributed by atoms with Gasteiger partial charge < -0.3 is 15.4 Å². The van der Waals surface area contributed by atoms with Crippen LogP contribution in [0, 0.1) is 5.92 Å². The number of ether oxygens (including phenoxy) is 1. The number of hydrogen-bond acceptors (Lipinski definition) is 3. The number of halogens is 2. The van der Waals surface area contributed by atoms with E-state index in [2.05, 4.69) is 0 Å². The minimum absolute atomic E-state index is 0.0328. The van der Waals surface area contributed by atoms with Crippen LogP contribution in [0.4, 0.5) is 0 Å². The van der Waals surface area contributed by atoms with Gasteiger partial charge in [-0.2, -0.15) is 0 Å². The third-order valence-corrected chi connectivity index (χ3v) is 4.21. The fraction of sp³-hybridized carbons (Fsp3) is 0.533. The third kappa shape index (κ3) is 4.02. The molecule has 2 rings (SSSR count). The summed E-state index contributed by atoms with van der Waals surface area (Å²) in [6.07, 6.45) is 0.358. The van der Waals surface area contributed by atoms with E-state index >= 15 is 0 Å². The normalized spacial score (nSPS) is 23.2. The predicted octanol–water partition coefficient (Wildman–Crippen LogP) is 2.96. The van der Waals surface area contributed by atoms with E-state index in [9.17, 15) is 4.79 Å². The lowest BCUT2D eigenvalue weighted by molar-refractivity contribution is -0.138. The molecule has 0 aromatic heterocycles. The molecule has 3 unspecified atom stereocenters. The van der Waals surface area contributed by atoms with Gasteiger partial charge in [0.2, 0.25) is 0 Å². The predicted molar refractivity (Wildman–Crippen MR) is 84.9 cm³/mol. The standard InChI is InChI=1S/C15H20Cl2N2O2/c1-9-3-11(7-18)8-19(9)15(20)10(2)21-14-5-12(16)4-13(17)6-14/h4-6,9-11H,3,7-8,18H2,1-2H3. The summed E-state index contributed by atoms with van der Waals surface area (Å²) in [5, 5.41) is 0.963. The average molecular weight is 331 g/mol. The van der Waals surface area contributed by atoms with Crippen LogP contribution in [-0.4, -0.2) is 36.0 Å². The first-order chi connectivity index (χ1) is 9.90. The molecule has 0 radical (unpaired) electrons. The number of carbonyl (C=O) groups is 1. The Morgan fingerprint density at radius 3 is 2.57 bits per heavy atom. The minimum Gasteiger partial charge on any atom is -0.481 e. The first kappa shape index (κ1) is 16.4. The van der Waals surface area contributed by atoms with Gasteiger partial charge in [0.05, 0.1) is 0 Å². The maximum atomic E-state index is 12.5. The molecule has 4 nitrogen and oxygen atoms in total. The van der Waals surface area contributed by atoms with Crippen LogP contribution in [0.2, 0.25) is 10.0 Å². The van der Waals surface area contributed by atoms with Crippen molar-refractivity contribution in [1.29, 1.82) is 0 Å². The molecule has 1 aromatic rings. The highest BCUT2D eigenvalue weighted by molar-refractivity contribution is 6.34. The SMILES string of the molecule is CC(Oc1cc(Cl)cc(Cl)c1)C(=O)N1CC(CN)CC1C. The van der Waals surface area contributed by atoms with E-state index < -0.39 is 6.10 Å². The summed E-state index contributed by atoms with van der Waals surface area (Å²) in [6.45, 7) is 5.07. The summed E-state index contributed by atoms with van der Waals surface area (Å²) in [5.41, 5.74) is 5.69. The molecule has 1 amide bonds. The van der Waals surface area contributed by atoms with Crippen molar-refractivity contribution in [2.75, 3.05) is 13.1 Å². The highest BCUT2D eigenvalue weighted by atomic mass is 35.5. The number of carbonyl (C=O) groups excluding carboxylic acids is 1. The lowest BCUT2D eigenvalue weighted by atomic mass is 10.1. The number of likely N-dealkylation sites (tertiary alicyclic amines) is 1. The molecule has 0 aliphatic carbocycles. The van der Waals surface area contributed by atoms with Crippen LogP contribution in [0.5, 0.6) is 5.75 Å². The summed E-state index contributed by atoms with van der Waals surface area (Å²) < 4.78 is 5.68. The molecule has 1 aromatic carbocycles. The van der Waals surface area contributed by atoms with E-state index in [0.29, 0.717) is 34.8 Å². The Bertz CT molecular complexity index is 504. The number of hydrogen-bond donors (Lipinski definition) is 1. The quantitative estimate of drug-likeness (QED) is 0.923. The van der Waals surface area contributed by atoms with Gasteiger partial charge in [-0.25, -0.2) is 0 Å². The number of amides is 1. The molecule has 6 heteroatoms. The zero-order valence-electron chi connectivity index (χ0n) is 12.2. The molecule has 0 spiro atoms. The Morgan fingerprint density at radius 2 is 2.05 bits per heavy atom. The van der Waals surface area contributed by atoms with E-state index in [1.165, 1.54) is 0 Å². The minimum atomic E-state index is -0.585. The summed E-state index contributed by atoms with van der Waals surface area (Å²) in [6, 6.07) is 5.11. The Hall–Kier alpha value is -0.970. The molecule has 1 fully saturated rings. The fourth-order valence-electron chi connectivity index (χ4n) is 2.70. The first-order valence-electron chi connectivity index (χ1n) is 7.04. The van der Waals surface area contributed by atoms with Crippen molar-refractivity contribution in [2.24, 2.45) is 11.7 Å². The second-order valence-corrected chi connectivity index (χ2v) is 6.42. The molecule has 2 N–H and O–H groups in total. The highest BCUT2D eigenvalue weighted by Gasteiger charge is 2.34. The van der Waals surface area contributed by atoms with Crippen molar-refractivity contribution >= 4 is 29.1 Å². The molecule has 1 heterocycles. The Morgan fingerprint density at radius 1 is 1.43 bits per heavy atom. The second-order valence-electron chi connectivity index (χ2n) is 5.54. The molecule has 21 heavy (non-hydrogen) atoms. The van der Waals surface area contributed by atoms with Gasteiger partial charge in [0.15, 0.2) is 6.10 Å². The van der Waals surface area contributed by atoms with Crippen LogP contribution >= 0.6 is 23.2 Å². The Kier molecular flexibility index (Phi) is 5.36. The van der Waals surface area contributed by atoms with Gasteiger partial charge in [-0.1, -0.05) is 23.2 Å². The van der Waals surface area contributed by atoms with Crippen molar-refractivity contribution in [3.05, 3.63) is 28.2 Å². The molecular weight excluding hydrogens is 311 g/mol. The molecule has 0 saturated carbocycles. The monoisotopic (exact) mass is 330 g/mol. The van der Waals surface area contributed by atoms with Crippen molar-refractivity contribution in [3.63, 3.8) is 0 Å². The second kappa shape index (κ2) is 6.86. The van der Waals surface area contributed by atoms with E-state index in [-0.39, 0.29) is 11.9 Å². The third-order valence-electron chi connectivity index (χ3n) is 3.77. The molecule has 1 aliphatic rings. The van der Waals surface area contributed by atoms with Crippen LogP contribution in [0.15, 0.2) is 18.2 Å². The zero-order chi connectivity index (χ0) is 15.6. The molecular formula is C15H20Cl2N2O2. The van der Waals surface area contributed by atoms with Crippen molar-refractivity contribution in [3.8, 4) is 5.75 Å². The Balaban J connectivity index is 2.02. The first-order valence-corrected chi connectivity index (χ1v) is 7.79. The van der Waals surface area contributed by atoms with Crippen LogP contribution in [0.25, 0.3) is 0 Å². The van der Waals surface area contributed by atoms with Gasteiger partial charge in [-0.05, 0) is 50.9 Å². The number of nitrogens with zero attached hydrogens (tertiary/aromatic N) is 1. The van der Waals surface area contributed by atoms with Gasteiger partial charge >= 0.3 is 0 Å². The van der Waals surface area contributed by atoms with Crippen LogP contribution in [0.3, 0.4) is 0 Å². The number of rotatable bonds is 4. The Labute approximate surface area is 135 Å². The van der Waals surface area contributed by atoms with Gasteiger partial charge in [0.25, 0.3) is 5.91 Å². The summed E-state index contributed by atoms with van der Waals surface area (Å²) >= 11 is 11.9. The molecule has 1 aliphatic heterocycles. The van der Waals surface area contributed by atoms with Crippen molar-refractivity contribution in [2.45, 2.75) is 32.4 Å². The molecule has 116 valence electrons. The topological polar surface area (TPSA) is 55.6 Å². The highest BCUT2D eigenvalue weighted by Crippen LogP contribution is 2.27. The summed E-state index contributed by atoms with van der Waals surface area (Å²) in [5.74, 6) is 0.835. The molecule has 3 atom stereocenters. The van der Waals surface area contributed by atoms with Crippen molar-refractivity contribution in [1.82, 2.24) is 4.90 Å². The zero-order valence-corrected chi connectivity index (χ0v) is 13.7. The van der Waals surface area contributed by atoms with Crippen LogP contribution < -0.4 is 10.5 Å². The van der Waals surface area contributed by atoms with Gasteiger partial charge in [-0.15, -0.1) is 0 Å². The molecule has 0 bridgehead atoms.